The van der Waals surface area contributed by atoms with Crippen LogP contribution >= 0.6 is 0 Å². The van der Waals surface area contributed by atoms with Crippen molar-refractivity contribution in [3.63, 3.8) is 0 Å². The van der Waals surface area contributed by atoms with Crippen LogP contribution in [0.2, 0.25) is 0 Å². The quantitative estimate of drug-likeness (QED) is 0.581. The molecule has 0 aliphatic heterocycles. The highest BCUT2D eigenvalue weighted by atomic mass is 16.3. The van der Waals surface area contributed by atoms with Crippen LogP contribution in [0.3, 0.4) is 0 Å². The third-order valence-corrected chi connectivity index (χ3v) is 2.49. The molecule has 1 atom stereocenters. The van der Waals surface area contributed by atoms with E-state index in [9.17, 15) is 9.70 Å². The Morgan fingerprint density at radius 3 is 2.56 bits per heavy atom. The lowest BCUT2D eigenvalue weighted by Crippen LogP contribution is -2.29. The maximum atomic E-state index is 11.0. The summed E-state index contributed by atoms with van der Waals surface area (Å²) < 4.78 is 1.59. The number of ketones is 1. The molecule has 0 fully saturated rings. The minimum absolute atomic E-state index is 0.0786. The average molecular weight is 223 g/mol. The molecular formula is C11H17N3O2. The van der Waals surface area contributed by atoms with Crippen molar-refractivity contribution in [1.82, 2.24) is 9.78 Å². The zero-order valence-corrected chi connectivity index (χ0v) is 10.1. The average Bonchev–Trinajstić information content (AvgIpc) is 2.60. The van der Waals surface area contributed by atoms with Gasteiger partial charge >= 0.3 is 0 Å². The van der Waals surface area contributed by atoms with Crippen LogP contribution in [-0.4, -0.2) is 21.6 Å². The molecule has 1 aromatic rings. The van der Waals surface area contributed by atoms with Crippen molar-refractivity contribution in [3.8, 4) is 0 Å². The van der Waals surface area contributed by atoms with Crippen molar-refractivity contribution in [2.75, 3.05) is 0 Å². The second-order valence-corrected chi connectivity index (χ2v) is 4.97. The summed E-state index contributed by atoms with van der Waals surface area (Å²) in [5.41, 5.74) is 0.211. The summed E-state index contributed by atoms with van der Waals surface area (Å²) in [6, 6.07) is 1.29. The molecule has 0 radical (unpaired) electrons. The van der Waals surface area contributed by atoms with Gasteiger partial charge in [-0.1, -0.05) is 25.9 Å². The zero-order valence-electron chi connectivity index (χ0n) is 10.1. The molecule has 0 aliphatic carbocycles. The Kier molecular flexibility index (Phi) is 3.57. The Morgan fingerprint density at radius 1 is 1.56 bits per heavy atom. The predicted octanol–water partition coefficient (Wildman–Crippen LogP) is 2.27. The molecule has 0 aromatic carbocycles. The summed E-state index contributed by atoms with van der Waals surface area (Å²) >= 11 is 0. The highest BCUT2D eigenvalue weighted by molar-refractivity contribution is 5.91. The lowest BCUT2D eigenvalue weighted by molar-refractivity contribution is 0.101. The van der Waals surface area contributed by atoms with Crippen LogP contribution in [-0.2, 0) is 6.54 Å². The molecule has 1 aromatic heterocycles. The van der Waals surface area contributed by atoms with Gasteiger partial charge in [0.05, 0.1) is 6.54 Å². The van der Waals surface area contributed by atoms with E-state index in [0.717, 1.165) is 0 Å². The number of hydrogen-bond acceptors (Lipinski definition) is 4. The summed E-state index contributed by atoms with van der Waals surface area (Å²) in [5.74, 6) is -0.0786. The van der Waals surface area contributed by atoms with Gasteiger partial charge in [-0.3, -0.25) is 9.48 Å². The van der Waals surface area contributed by atoms with Crippen molar-refractivity contribution in [3.05, 3.63) is 22.9 Å². The minimum atomic E-state index is -0.354. The van der Waals surface area contributed by atoms with Crippen LogP contribution in [0.25, 0.3) is 0 Å². The van der Waals surface area contributed by atoms with Crippen LogP contribution in [0.1, 0.15) is 38.2 Å². The fourth-order valence-corrected chi connectivity index (χ4v) is 1.29. The van der Waals surface area contributed by atoms with Gasteiger partial charge < -0.3 is 0 Å². The number of rotatable bonds is 4. The fourth-order valence-electron chi connectivity index (χ4n) is 1.29. The van der Waals surface area contributed by atoms with E-state index in [-0.39, 0.29) is 17.2 Å². The molecule has 5 nitrogen and oxygen atoms in total. The Morgan fingerprint density at radius 2 is 2.19 bits per heavy atom. The molecule has 0 amide bonds. The third-order valence-electron chi connectivity index (χ3n) is 2.49. The number of carbonyl (C=O) groups excluding carboxylic acids is 1. The molecule has 1 rings (SSSR count). The van der Waals surface area contributed by atoms with Crippen LogP contribution in [0.4, 0.5) is 0 Å². The van der Waals surface area contributed by atoms with Crippen molar-refractivity contribution in [2.24, 2.45) is 10.6 Å². The number of Topliss-reactive ketones (excluding diaryl/α,β-unsaturated/α-hetero) is 1. The van der Waals surface area contributed by atoms with Gasteiger partial charge in [0.15, 0.2) is 5.78 Å². The highest BCUT2D eigenvalue weighted by Crippen LogP contribution is 2.23. The van der Waals surface area contributed by atoms with E-state index in [2.05, 4.69) is 10.3 Å². The molecule has 0 spiro atoms. The van der Waals surface area contributed by atoms with Gasteiger partial charge in [-0.2, -0.15) is 10.0 Å². The highest BCUT2D eigenvalue weighted by Gasteiger charge is 2.26. The topological polar surface area (TPSA) is 64.3 Å². The SMILES string of the molecule is CC(=O)c1ccn(CC(N=O)C(C)(C)C)n1. The van der Waals surface area contributed by atoms with Gasteiger partial charge in [0.1, 0.15) is 11.7 Å². The summed E-state index contributed by atoms with van der Waals surface area (Å²) in [4.78, 5) is 21.8. The summed E-state index contributed by atoms with van der Waals surface area (Å²) in [6.07, 6.45) is 1.70. The second kappa shape index (κ2) is 4.55. The fraction of sp³-hybridized carbons (Fsp3) is 0.636. The van der Waals surface area contributed by atoms with E-state index >= 15 is 0 Å². The number of nitrogens with zero attached hydrogens (tertiary/aromatic N) is 3. The van der Waals surface area contributed by atoms with Gasteiger partial charge in [0.2, 0.25) is 0 Å². The van der Waals surface area contributed by atoms with E-state index in [0.29, 0.717) is 12.2 Å². The molecular weight excluding hydrogens is 206 g/mol. The third kappa shape index (κ3) is 2.98. The van der Waals surface area contributed by atoms with Gasteiger partial charge in [0.25, 0.3) is 0 Å². The van der Waals surface area contributed by atoms with Crippen LogP contribution in [0.5, 0.6) is 0 Å². The van der Waals surface area contributed by atoms with Gasteiger partial charge in [-0.25, -0.2) is 0 Å². The molecule has 0 aliphatic rings. The lowest BCUT2D eigenvalue weighted by Gasteiger charge is -2.24. The number of aromatic nitrogens is 2. The Hall–Kier alpha value is -1.52. The van der Waals surface area contributed by atoms with E-state index in [4.69, 9.17) is 0 Å². The van der Waals surface area contributed by atoms with Crippen LogP contribution in [0, 0.1) is 10.3 Å². The zero-order chi connectivity index (χ0) is 12.3. The first-order chi connectivity index (χ1) is 7.34. The Labute approximate surface area is 94.8 Å². The molecule has 0 N–H and O–H groups in total. The van der Waals surface area contributed by atoms with Crippen molar-refractivity contribution in [2.45, 2.75) is 40.3 Å². The van der Waals surface area contributed by atoms with Crippen molar-refractivity contribution in [1.29, 1.82) is 0 Å². The van der Waals surface area contributed by atoms with Gasteiger partial charge in [-0.15, -0.1) is 0 Å². The first-order valence-corrected chi connectivity index (χ1v) is 5.21. The second-order valence-electron chi connectivity index (χ2n) is 4.97. The molecule has 5 heteroatoms. The molecule has 1 heterocycles. The van der Waals surface area contributed by atoms with Crippen LogP contribution < -0.4 is 0 Å². The molecule has 1 unspecified atom stereocenters. The normalized spacial score (nSPS) is 13.5. The van der Waals surface area contributed by atoms with Crippen molar-refractivity contribution >= 4 is 5.78 Å². The first-order valence-electron chi connectivity index (χ1n) is 5.21. The van der Waals surface area contributed by atoms with Crippen molar-refractivity contribution < 1.29 is 4.79 Å². The maximum absolute atomic E-state index is 11.0. The maximum Gasteiger partial charge on any atom is 0.179 e. The summed E-state index contributed by atoms with van der Waals surface area (Å²) in [6.45, 7) is 7.73. The lowest BCUT2D eigenvalue weighted by atomic mass is 9.87. The monoisotopic (exact) mass is 223 g/mol. The van der Waals surface area contributed by atoms with E-state index < -0.39 is 0 Å². The Balaban J connectivity index is 2.79. The Bertz CT molecular complexity index is 390. The van der Waals surface area contributed by atoms with E-state index in [1.807, 2.05) is 20.8 Å². The molecule has 88 valence electrons. The molecule has 0 saturated heterocycles. The standard InChI is InChI=1S/C11H17N3O2/c1-8(15)9-5-6-14(12-9)7-10(13-16)11(2,3)4/h5-6,10H,7H2,1-4H3. The first kappa shape index (κ1) is 12.5. The predicted molar refractivity (Wildman–Crippen MR) is 61.3 cm³/mol. The molecule has 0 bridgehead atoms. The largest absolute Gasteiger partial charge is 0.293 e. The van der Waals surface area contributed by atoms with E-state index in [1.54, 1.807) is 16.9 Å². The number of carbonyl (C=O) groups is 1. The minimum Gasteiger partial charge on any atom is -0.293 e. The molecule has 16 heavy (non-hydrogen) atoms. The number of nitroso groups, excluding NO2 is 1. The summed E-state index contributed by atoms with van der Waals surface area (Å²) in [7, 11) is 0. The number of hydrogen-bond donors (Lipinski definition) is 0. The smallest absolute Gasteiger partial charge is 0.179 e. The van der Waals surface area contributed by atoms with E-state index in [1.165, 1.54) is 6.92 Å². The summed E-state index contributed by atoms with van der Waals surface area (Å²) in [5, 5.41) is 7.19. The van der Waals surface area contributed by atoms with Crippen LogP contribution in [0.15, 0.2) is 17.4 Å². The van der Waals surface area contributed by atoms with Gasteiger partial charge in [-0.05, 0) is 11.5 Å². The van der Waals surface area contributed by atoms with Gasteiger partial charge in [0, 0.05) is 13.1 Å². The molecule has 0 saturated carbocycles.